The van der Waals surface area contributed by atoms with Crippen molar-refractivity contribution in [3.63, 3.8) is 0 Å². The summed E-state index contributed by atoms with van der Waals surface area (Å²) in [5, 5.41) is -0.0462. The number of rotatable bonds is 6. The average molecular weight is 533 g/mol. The zero-order valence-electron chi connectivity index (χ0n) is 17.4. The van der Waals surface area contributed by atoms with E-state index in [9.17, 15) is 22.6 Å². The molecule has 4 atom stereocenters. The van der Waals surface area contributed by atoms with Crippen LogP contribution in [-0.2, 0) is 29.4 Å². The molecule has 0 aromatic heterocycles. The number of hydrogen-bond donors (Lipinski definition) is 1. The van der Waals surface area contributed by atoms with Crippen LogP contribution in [0, 0.1) is 17.8 Å². The Labute approximate surface area is 197 Å². The first kappa shape index (κ1) is 24.1. The van der Waals surface area contributed by atoms with Gasteiger partial charge in [-0.3, -0.25) is 9.42 Å². The number of ether oxygens (including phenoxy) is 1. The Morgan fingerprint density at radius 2 is 1.88 bits per heavy atom. The predicted molar refractivity (Wildman–Crippen MR) is 110 cm³/mol. The van der Waals surface area contributed by atoms with E-state index in [1.165, 1.54) is 18.2 Å². The third-order valence-electron chi connectivity index (χ3n) is 7.33. The smallest absolute Gasteiger partial charge is 0.403 e. The number of alkyl halides is 4. The maximum atomic E-state index is 13.3. The fraction of sp³-hybridized carbons (Fsp3) is 0.700. The van der Waals surface area contributed by atoms with Crippen LogP contribution in [0.4, 0.5) is 13.2 Å². The van der Waals surface area contributed by atoms with E-state index in [-0.39, 0.29) is 28.2 Å². The number of phosphoric ester groups is 1. The molecule has 1 N–H and O–H groups in total. The Morgan fingerprint density at radius 1 is 1.21 bits per heavy atom. The largest absolute Gasteiger partial charge is 0.527 e. The third kappa shape index (κ3) is 3.82. The van der Waals surface area contributed by atoms with Crippen LogP contribution in [0.1, 0.15) is 37.7 Å². The molecule has 4 unspecified atom stereocenters. The van der Waals surface area contributed by atoms with Gasteiger partial charge in [0.15, 0.2) is 11.4 Å². The Kier molecular flexibility index (Phi) is 5.64. The van der Waals surface area contributed by atoms with Crippen molar-refractivity contribution in [2.45, 2.75) is 54.5 Å². The van der Waals surface area contributed by atoms with E-state index in [0.717, 1.165) is 26.4 Å². The van der Waals surface area contributed by atoms with Crippen LogP contribution in [0.15, 0.2) is 18.2 Å². The van der Waals surface area contributed by atoms with Crippen molar-refractivity contribution in [3.8, 4) is 5.75 Å². The molecule has 1 heterocycles. The van der Waals surface area contributed by atoms with Crippen molar-refractivity contribution in [2.75, 3.05) is 13.7 Å². The highest BCUT2D eigenvalue weighted by atomic mass is 35.5. The van der Waals surface area contributed by atoms with Gasteiger partial charge in [0, 0.05) is 17.5 Å². The van der Waals surface area contributed by atoms with Crippen LogP contribution in [0.3, 0.4) is 0 Å². The van der Waals surface area contributed by atoms with Gasteiger partial charge in [0.25, 0.3) is 5.79 Å². The van der Waals surface area contributed by atoms with Crippen molar-refractivity contribution in [1.82, 2.24) is 0 Å². The Balaban J connectivity index is 1.59. The molecule has 1 aromatic carbocycles. The van der Waals surface area contributed by atoms with Gasteiger partial charge in [0.1, 0.15) is 6.61 Å². The van der Waals surface area contributed by atoms with Crippen LogP contribution in [-0.4, -0.2) is 35.3 Å². The third-order valence-corrected chi connectivity index (χ3v) is 9.00. The topological polar surface area (TPSA) is 83.5 Å². The molecule has 4 saturated carbocycles. The van der Waals surface area contributed by atoms with Crippen molar-refractivity contribution < 1.29 is 46.2 Å². The highest BCUT2D eigenvalue weighted by molar-refractivity contribution is 7.47. The Bertz CT molecular complexity index is 992. The van der Waals surface area contributed by atoms with Gasteiger partial charge in [-0.15, -0.1) is 11.6 Å². The summed E-state index contributed by atoms with van der Waals surface area (Å²) in [6.45, 7) is -1.58. The second-order valence-electron chi connectivity index (χ2n) is 9.36. The molecule has 6 rings (SSSR count). The Hall–Kier alpha value is -0.580. The number of halogens is 5. The summed E-state index contributed by atoms with van der Waals surface area (Å²) in [6.07, 6.45) is -1.16. The van der Waals surface area contributed by atoms with E-state index in [1.807, 2.05) is 0 Å². The van der Waals surface area contributed by atoms with Gasteiger partial charge < -0.3 is 9.26 Å². The molecular formula is C20H22Cl2F3O7P. The molecule has 1 saturated heterocycles. The number of phosphoric acid groups is 1. The quantitative estimate of drug-likeness (QED) is 0.285. The summed E-state index contributed by atoms with van der Waals surface area (Å²) in [5.41, 5.74) is -1.06. The first-order valence-electron chi connectivity index (χ1n) is 10.5. The molecule has 0 amide bonds. The summed E-state index contributed by atoms with van der Waals surface area (Å²) in [4.78, 5) is 20.5. The van der Waals surface area contributed by atoms with Crippen molar-refractivity contribution >= 4 is 31.0 Å². The molecule has 13 heteroatoms. The van der Waals surface area contributed by atoms with Crippen LogP contribution in [0.2, 0.25) is 5.02 Å². The zero-order valence-corrected chi connectivity index (χ0v) is 19.8. The van der Waals surface area contributed by atoms with Crippen molar-refractivity contribution in [3.05, 3.63) is 28.8 Å². The molecule has 7 nitrogen and oxygen atoms in total. The van der Waals surface area contributed by atoms with Gasteiger partial charge in [-0.2, -0.15) is 18.1 Å². The maximum Gasteiger partial charge on any atom is 0.527 e. The molecule has 0 radical (unpaired) electrons. The first-order chi connectivity index (χ1) is 15.3. The summed E-state index contributed by atoms with van der Waals surface area (Å²) in [5.74, 6) is -2.20. The van der Waals surface area contributed by atoms with Crippen molar-refractivity contribution in [1.29, 1.82) is 0 Å². The summed E-state index contributed by atoms with van der Waals surface area (Å²) in [6, 6.07) is 3.99. The fourth-order valence-electron chi connectivity index (χ4n) is 6.38. The molecule has 33 heavy (non-hydrogen) atoms. The van der Waals surface area contributed by atoms with Crippen LogP contribution in [0.5, 0.6) is 5.75 Å². The standard InChI is InChI=1S/C20H22Cl2F3O7P/c1-28-33(26,27)30-16-6-12(2-3-15(16)21)20(29-10-18(23,24)25)19(31-32-20)13-4-11-5-14(19)9-17(22,7-11)8-13/h2-3,6,11,13-14H,4-5,7-10H2,1H3,(H,26,27). The van der Waals surface area contributed by atoms with Gasteiger partial charge in [0.2, 0.25) is 0 Å². The Morgan fingerprint density at radius 3 is 2.39 bits per heavy atom. The van der Waals surface area contributed by atoms with Gasteiger partial charge in [0.05, 0.1) is 5.02 Å². The minimum absolute atomic E-state index is 0.0462. The van der Waals surface area contributed by atoms with Crippen LogP contribution < -0.4 is 4.52 Å². The predicted octanol–water partition coefficient (Wildman–Crippen LogP) is 5.72. The van der Waals surface area contributed by atoms with Crippen molar-refractivity contribution in [2.24, 2.45) is 17.8 Å². The molecule has 184 valence electrons. The summed E-state index contributed by atoms with van der Waals surface area (Å²) < 4.78 is 66.7. The van der Waals surface area contributed by atoms with Gasteiger partial charge in [-0.25, -0.2) is 9.45 Å². The summed E-state index contributed by atoms with van der Waals surface area (Å²) >= 11 is 12.9. The second-order valence-corrected chi connectivity index (χ2v) is 12.1. The van der Waals surface area contributed by atoms with Gasteiger partial charge in [-0.05, 0) is 62.0 Å². The molecule has 4 bridgehead atoms. The zero-order chi connectivity index (χ0) is 23.9. The fourth-order valence-corrected chi connectivity index (χ4v) is 7.65. The molecule has 4 aliphatic carbocycles. The summed E-state index contributed by atoms with van der Waals surface area (Å²) in [7, 11) is -3.52. The monoisotopic (exact) mass is 532 g/mol. The van der Waals surface area contributed by atoms with Gasteiger partial charge in [-0.1, -0.05) is 17.7 Å². The lowest BCUT2D eigenvalue weighted by Crippen LogP contribution is -2.78. The minimum atomic E-state index is -4.63. The van der Waals surface area contributed by atoms with Gasteiger partial charge >= 0.3 is 14.0 Å². The minimum Gasteiger partial charge on any atom is -0.403 e. The lowest BCUT2D eigenvalue weighted by Gasteiger charge is -2.70. The lowest BCUT2D eigenvalue weighted by atomic mass is 9.46. The molecule has 5 aliphatic rings. The van der Waals surface area contributed by atoms with E-state index in [0.29, 0.717) is 18.8 Å². The highest BCUT2D eigenvalue weighted by Gasteiger charge is 2.78. The normalized spacial score (nSPS) is 41.1. The van der Waals surface area contributed by atoms with E-state index in [1.54, 1.807) is 0 Å². The first-order valence-corrected chi connectivity index (χ1v) is 12.7. The van der Waals surface area contributed by atoms with Crippen LogP contribution in [0.25, 0.3) is 0 Å². The molecule has 1 aliphatic heterocycles. The second kappa shape index (κ2) is 7.71. The van der Waals surface area contributed by atoms with Crippen LogP contribution >= 0.6 is 31.0 Å². The molecule has 1 aromatic rings. The molecular weight excluding hydrogens is 511 g/mol. The van der Waals surface area contributed by atoms with E-state index in [4.69, 9.17) is 42.2 Å². The maximum absolute atomic E-state index is 13.3. The number of benzene rings is 1. The number of hydrogen-bond acceptors (Lipinski definition) is 6. The molecule has 5 fully saturated rings. The molecule has 1 spiro atoms. The SMILES string of the molecule is COP(=O)(O)Oc1cc(C2(OCC(F)(F)F)OOC23C2CC4CC3CC(Cl)(C4)C2)ccc1Cl. The van der Waals surface area contributed by atoms with E-state index in [2.05, 4.69) is 4.52 Å². The van der Waals surface area contributed by atoms with E-state index < -0.39 is 36.9 Å². The highest BCUT2D eigenvalue weighted by Crippen LogP contribution is 2.71. The van der Waals surface area contributed by atoms with E-state index >= 15 is 0 Å². The lowest BCUT2D eigenvalue weighted by molar-refractivity contribution is -0.650. The average Bonchev–Trinajstić information content (AvgIpc) is 2.67.